The molecule has 0 bridgehead atoms. The fourth-order valence-electron chi connectivity index (χ4n) is 2.92. The fraction of sp³-hybridized carbons (Fsp3) is 0.0952. The van der Waals surface area contributed by atoms with E-state index in [1.807, 2.05) is 0 Å². The van der Waals surface area contributed by atoms with E-state index in [4.69, 9.17) is 16.3 Å². The number of benzene rings is 2. The molecule has 0 aliphatic carbocycles. The van der Waals surface area contributed by atoms with Crippen molar-refractivity contribution in [3.63, 3.8) is 0 Å². The quantitative estimate of drug-likeness (QED) is 0.445. The Hall–Kier alpha value is -3.58. The highest BCUT2D eigenvalue weighted by Crippen LogP contribution is 2.34. The van der Waals surface area contributed by atoms with E-state index >= 15 is 0 Å². The van der Waals surface area contributed by atoms with Crippen LogP contribution in [0.4, 0.5) is 10.5 Å². The summed E-state index contributed by atoms with van der Waals surface area (Å²) in [6.45, 7) is 3.64. The molecule has 148 valence electrons. The van der Waals surface area contributed by atoms with Crippen LogP contribution in [0.2, 0.25) is 5.02 Å². The molecule has 1 saturated heterocycles. The Morgan fingerprint density at radius 1 is 1.24 bits per heavy atom. The lowest BCUT2D eigenvalue weighted by atomic mass is 10.0. The van der Waals surface area contributed by atoms with Gasteiger partial charge in [0.2, 0.25) is 0 Å². The Balaban J connectivity index is 2.09. The first kappa shape index (κ1) is 20.2. The molecule has 4 amide bonds. The second-order valence-electron chi connectivity index (χ2n) is 6.13. The molecule has 1 aliphatic rings. The third kappa shape index (κ3) is 3.86. The Morgan fingerprint density at radius 3 is 2.62 bits per heavy atom. The van der Waals surface area contributed by atoms with Crippen molar-refractivity contribution in [2.24, 2.45) is 0 Å². The lowest BCUT2D eigenvalue weighted by molar-refractivity contribution is -0.122. The SMILES string of the molecule is C=CCc1cc(C=C2C(=O)NC(=O)N(c3ccccc3Cl)C2=O)cc(OC)c1O. The predicted molar refractivity (Wildman–Crippen MR) is 109 cm³/mol. The number of allylic oxidation sites excluding steroid dienone is 1. The van der Waals surface area contributed by atoms with E-state index in [2.05, 4.69) is 11.9 Å². The summed E-state index contributed by atoms with van der Waals surface area (Å²) in [5, 5.41) is 12.5. The summed E-state index contributed by atoms with van der Waals surface area (Å²) in [4.78, 5) is 38.4. The summed E-state index contributed by atoms with van der Waals surface area (Å²) in [6, 6.07) is 8.50. The highest BCUT2D eigenvalue weighted by Gasteiger charge is 2.37. The van der Waals surface area contributed by atoms with Crippen LogP contribution in [0.15, 0.2) is 54.6 Å². The maximum Gasteiger partial charge on any atom is 0.335 e. The van der Waals surface area contributed by atoms with Gasteiger partial charge in [-0.3, -0.25) is 14.9 Å². The van der Waals surface area contributed by atoms with Crippen molar-refractivity contribution in [3.8, 4) is 11.5 Å². The Labute approximate surface area is 171 Å². The van der Waals surface area contributed by atoms with Gasteiger partial charge >= 0.3 is 6.03 Å². The van der Waals surface area contributed by atoms with Crippen molar-refractivity contribution >= 4 is 41.2 Å². The molecule has 1 fully saturated rings. The van der Waals surface area contributed by atoms with Gasteiger partial charge in [0.15, 0.2) is 11.5 Å². The van der Waals surface area contributed by atoms with Gasteiger partial charge in [-0.05, 0) is 42.3 Å². The molecule has 1 aliphatic heterocycles. The van der Waals surface area contributed by atoms with E-state index in [1.165, 1.54) is 31.4 Å². The first-order valence-corrected chi connectivity index (χ1v) is 8.92. The van der Waals surface area contributed by atoms with Crippen LogP contribution in [0.1, 0.15) is 11.1 Å². The molecule has 0 atom stereocenters. The molecular formula is C21H17ClN2O5. The van der Waals surface area contributed by atoms with E-state index in [1.54, 1.807) is 24.3 Å². The minimum absolute atomic E-state index is 0.0538. The van der Waals surface area contributed by atoms with Crippen molar-refractivity contribution < 1.29 is 24.2 Å². The monoisotopic (exact) mass is 412 g/mol. The van der Waals surface area contributed by atoms with Gasteiger partial charge < -0.3 is 9.84 Å². The number of hydrogen-bond donors (Lipinski definition) is 2. The minimum atomic E-state index is -0.888. The van der Waals surface area contributed by atoms with Crippen molar-refractivity contribution in [2.45, 2.75) is 6.42 Å². The zero-order valence-corrected chi connectivity index (χ0v) is 16.2. The molecule has 0 spiro atoms. The Kier molecular flexibility index (Phi) is 5.70. The van der Waals surface area contributed by atoms with Gasteiger partial charge in [0.1, 0.15) is 5.57 Å². The first-order chi connectivity index (χ1) is 13.9. The Bertz CT molecular complexity index is 1060. The molecule has 2 aromatic carbocycles. The van der Waals surface area contributed by atoms with Crippen LogP contribution in [0, 0.1) is 0 Å². The summed E-state index contributed by atoms with van der Waals surface area (Å²) in [5.74, 6) is -1.52. The number of phenols is 1. The highest BCUT2D eigenvalue weighted by molar-refractivity contribution is 6.42. The number of nitrogens with zero attached hydrogens (tertiary/aromatic N) is 1. The third-order valence-electron chi connectivity index (χ3n) is 4.27. The molecule has 2 aromatic rings. The number of nitrogens with one attached hydrogen (secondary N) is 1. The average molecular weight is 413 g/mol. The van der Waals surface area contributed by atoms with Crippen molar-refractivity contribution in [2.75, 3.05) is 12.0 Å². The lowest BCUT2D eigenvalue weighted by Gasteiger charge is -2.27. The normalized spacial score (nSPS) is 15.4. The topological polar surface area (TPSA) is 95.9 Å². The van der Waals surface area contributed by atoms with Gasteiger partial charge in [-0.1, -0.05) is 29.8 Å². The van der Waals surface area contributed by atoms with Crippen LogP contribution in [0.25, 0.3) is 6.08 Å². The summed E-state index contributed by atoms with van der Waals surface area (Å²) in [5.41, 5.74) is 0.838. The second-order valence-corrected chi connectivity index (χ2v) is 6.54. The first-order valence-electron chi connectivity index (χ1n) is 8.54. The van der Waals surface area contributed by atoms with Gasteiger partial charge in [-0.15, -0.1) is 6.58 Å². The number of methoxy groups -OCH3 is 1. The third-order valence-corrected chi connectivity index (χ3v) is 4.59. The summed E-state index contributed by atoms with van der Waals surface area (Å²) in [7, 11) is 1.39. The second kappa shape index (κ2) is 8.20. The van der Waals surface area contributed by atoms with E-state index in [0.717, 1.165) is 4.90 Å². The molecule has 8 heteroatoms. The minimum Gasteiger partial charge on any atom is -0.504 e. The van der Waals surface area contributed by atoms with E-state index in [0.29, 0.717) is 17.5 Å². The molecule has 3 rings (SSSR count). The van der Waals surface area contributed by atoms with E-state index in [-0.39, 0.29) is 27.8 Å². The van der Waals surface area contributed by atoms with E-state index in [9.17, 15) is 19.5 Å². The Morgan fingerprint density at radius 2 is 1.97 bits per heavy atom. The zero-order valence-electron chi connectivity index (χ0n) is 15.4. The predicted octanol–water partition coefficient (Wildman–Crippen LogP) is 3.45. The van der Waals surface area contributed by atoms with Gasteiger partial charge in [0.25, 0.3) is 11.8 Å². The van der Waals surface area contributed by atoms with Crippen LogP contribution in [0.5, 0.6) is 11.5 Å². The van der Waals surface area contributed by atoms with Gasteiger partial charge in [0.05, 0.1) is 17.8 Å². The van der Waals surface area contributed by atoms with Crippen LogP contribution in [-0.2, 0) is 16.0 Å². The molecule has 0 unspecified atom stereocenters. The molecular weight excluding hydrogens is 396 g/mol. The molecule has 0 saturated carbocycles. The van der Waals surface area contributed by atoms with Crippen LogP contribution < -0.4 is 15.0 Å². The average Bonchev–Trinajstić information content (AvgIpc) is 2.68. The number of amides is 4. The number of rotatable bonds is 5. The maximum atomic E-state index is 13.0. The van der Waals surface area contributed by atoms with Crippen molar-refractivity contribution in [3.05, 3.63) is 70.8 Å². The number of para-hydroxylation sites is 1. The fourth-order valence-corrected chi connectivity index (χ4v) is 3.14. The number of ether oxygens (including phenoxy) is 1. The molecule has 0 radical (unpaired) electrons. The number of imide groups is 2. The van der Waals surface area contributed by atoms with Crippen molar-refractivity contribution in [1.82, 2.24) is 5.32 Å². The molecule has 0 aromatic heterocycles. The largest absolute Gasteiger partial charge is 0.504 e. The number of carbonyl (C=O) groups excluding carboxylic acids is 3. The van der Waals surface area contributed by atoms with E-state index < -0.39 is 17.8 Å². The zero-order chi connectivity index (χ0) is 21.1. The lowest BCUT2D eigenvalue weighted by Crippen LogP contribution is -2.54. The summed E-state index contributed by atoms with van der Waals surface area (Å²) in [6.07, 6.45) is 3.27. The van der Waals surface area contributed by atoms with Gasteiger partial charge in [0, 0.05) is 5.56 Å². The number of urea groups is 1. The van der Waals surface area contributed by atoms with Crippen molar-refractivity contribution in [1.29, 1.82) is 0 Å². The maximum absolute atomic E-state index is 13.0. The molecule has 1 heterocycles. The number of carbonyl (C=O) groups is 3. The number of aromatic hydroxyl groups is 1. The molecule has 7 nitrogen and oxygen atoms in total. The standard InChI is InChI=1S/C21H17ClN2O5/c1-3-6-13-9-12(11-17(29-2)18(13)25)10-14-19(26)23-21(28)24(20(14)27)16-8-5-4-7-15(16)22/h3-5,7-11,25H,1,6H2,2H3,(H,23,26,28). The molecule has 29 heavy (non-hydrogen) atoms. The number of hydrogen-bond acceptors (Lipinski definition) is 5. The molecule has 2 N–H and O–H groups in total. The number of phenolic OH excluding ortho intramolecular Hbond substituents is 1. The van der Waals surface area contributed by atoms with Crippen LogP contribution in [-0.4, -0.2) is 30.1 Å². The van der Waals surface area contributed by atoms with Gasteiger partial charge in [-0.25, -0.2) is 9.69 Å². The highest BCUT2D eigenvalue weighted by atomic mass is 35.5. The van der Waals surface area contributed by atoms with Crippen LogP contribution >= 0.6 is 11.6 Å². The van der Waals surface area contributed by atoms with Crippen LogP contribution in [0.3, 0.4) is 0 Å². The smallest absolute Gasteiger partial charge is 0.335 e. The number of barbiturate groups is 1. The summed E-state index contributed by atoms with van der Waals surface area (Å²) < 4.78 is 5.16. The number of anilines is 1. The van der Waals surface area contributed by atoms with Gasteiger partial charge in [-0.2, -0.15) is 0 Å². The summed E-state index contributed by atoms with van der Waals surface area (Å²) >= 11 is 6.11. The number of halogens is 1.